The second-order valence-electron chi connectivity index (χ2n) is 5.41. The Morgan fingerprint density at radius 2 is 1.90 bits per heavy atom. The minimum atomic E-state index is -2.55. The van der Waals surface area contributed by atoms with E-state index in [2.05, 4.69) is 0 Å². The summed E-state index contributed by atoms with van der Waals surface area (Å²) < 4.78 is 23.2. The van der Waals surface area contributed by atoms with Crippen LogP contribution in [0.3, 0.4) is 0 Å². The fraction of sp³-hybridized carbons (Fsp3) is 0.929. The average Bonchev–Trinajstić information content (AvgIpc) is 2.40. The zero-order chi connectivity index (χ0) is 14.3. The lowest BCUT2D eigenvalue weighted by Crippen LogP contribution is -2.51. The number of nitrogens with zero attached hydrogens (tertiary/aromatic N) is 1. The predicted molar refractivity (Wildman–Crippen MR) is 80.3 cm³/mol. The quantitative estimate of drug-likeness (QED) is 0.751. The summed E-state index contributed by atoms with van der Waals surface area (Å²) in [5.74, 6) is 0. The van der Waals surface area contributed by atoms with Crippen LogP contribution in [0.5, 0.6) is 0 Å². The summed E-state index contributed by atoms with van der Waals surface area (Å²) in [5.41, 5.74) is 1.14. The Morgan fingerprint density at radius 3 is 2.70 bits per heavy atom. The van der Waals surface area contributed by atoms with Crippen LogP contribution in [0.1, 0.15) is 38.5 Å². The molecule has 5 nitrogen and oxygen atoms in total. The van der Waals surface area contributed by atoms with Crippen LogP contribution >= 0.6 is 0 Å². The van der Waals surface area contributed by atoms with E-state index in [1.807, 2.05) is 0 Å². The molecular weight excluding hydrogens is 274 g/mol. The van der Waals surface area contributed by atoms with Crippen molar-refractivity contribution in [1.82, 2.24) is 0 Å². The van der Waals surface area contributed by atoms with E-state index in [1.165, 1.54) is 25.7 Å². The molecule has 0 aromatic carbocycles. The molecule has 0 radical (unpaired) electrons. The summed E-state index contributed by atoms with van der Waals surface area (Å²) in [6, 6.07) is 0.809. The molecule has 6 heteroatoms. The normalized spacial score (nSPS) is 28.7. The Balaban J connectivity index is 2.09. The van der Waals surface area contributed by atoms with Crippen molar-refractivity contribution in [3.63, 3.8) is 0 Å². The van der Waals surface area contributed by atoms with Crippen LogP contribution in [0.25, 0.3) is 0 Å². The van der Waals surface area contributed by atoms with Gasteiger partial charge in [0.2, 0.25) is 0 Å². The van der Waals surface area contributed by atoms with Crippen molar-refractivity contribution in [2.24, 2.45) is 4.99 Å². The maximum absolute atomic E-state index is 6.25. The average molecular weight is 301 g/mol. The van der Waals surface area contributed by atoms with Gasteiger partial charge >= 0.3 is 8.80 Å². The van der Waals surface area contributed by atoms with Crippen molar-refractivity contribution in [2.75, 3.05) is 34.0 Å². The molecule has 0 amide bonds. The second kappa shape index (κ2) is 8.24. The van der Waals surface area contributed by atoms with Gasteiger partial charge in [-0.2, -0.15) is 0 Å². The highest BCUT2D eigenvalue weighted by molar-refractivity contribution is 6.60. The molecule has 2 heterocycles. The van der Waals surface area contributed by atoms with Crippen molar-refractivity contribution in [3.8, 4) is 0 Å². The summed E-state index contributed by atoms with van der Waals surface area (Å²) in [4.78, 5) is 4.74. The molecule has 20 heavy (non-hydrogen) atoms. The Kier molecular flexibility index (Phi) is 6.63. The molecule has 1 unspecified atom stereocenters. The summed E-state index contributed by atoms with van der Waals surface area (Å²) in [5, 5.41) is 0. The molecule has 0 N–H and O–H groups in total. The third kappa shape index (κ3) is 4.36. The molecule has 0 aromatic rings. The van der Waals surface area contributed by atoms with Crippen LogP contribution in [-0.4, -0.2) is 54.6 Å². The smallest absolute Gasteiger partial charge is 0.378 e. The number of hydrogen-bond acceptors (Lipinski definition) is 5. The Bertz CT molecular complexity index is 320. The molecule has 0 aliphatic carbocycles. The molecule has 2 aliphatic rings. The van der Waals surface area contributed by atoms with Gasteiger partial charge in [0.25, 0.3) is 0 Å². The van der Waals surface area contributed by atoms with Crippen molar-refractivity contribution in [2.45, 2.75) is 50.7 Å². The molecule has 2 rings (SSSR count). The summed E-state index contributed by atoms with van der Waals surface area (Å²) in [6.45, 7) is 2.22. The molecule has 0 bridgehead atoms. The first-order valence-electron chi connectivity index (χ1n) is 7.69. The highest BCUT2D eigenvalue weighted by Crippen LogP contribution is 2.23. The van der Waals surface area contributed by atoms with Crippen LogP contribution < -0.4 is 0 Å². The van der Waals surface area contributed by atoms with Gasteiger partial charge in [-0.05, 0) is 25.7 Å². The first kappa shape index (κ1) is 16.1. The summed E-state index contributed by atoms with van der Waals surface area (Å²) in [6.07, 6.45) is 6.76. The molecule has 1 atom stereocenters. The SMILES string of the molecule is CO[Si]1(OC)CCCOCC(C2=NCCCCCC2)O1. The lowest BCUT2D eigenvalue weighted by atomic mass is 10.0. The highest BCUT2D eigenvalue weighted by Gasteiger charge is 2.43. The number of ether oxygens (including phenoxy) is 1. The fourth-order valence-electron chi connectivity index (χ4n) is 2.77. The van der Waals surface area contributed by atoms with Crippen molar-refractivity contribution >= 4 is 14.5 Å². The zero-order valence-electron chi connectivity index (χ0n) is 12.7. The Hall–Kier alpha value is -0.273. The molecule has 2 aliphatic heterocycles. The van der Waals surface area contributed by atoms with Crippen molar-refractivity contribution < 1.29 is 18.0 Å². The van der Waals surface area contributed by atoms with Crippen molar-refractivity contribution in [1.29, 1.82) is 0 Å². The minimum Gasteiger partial charge on any atom is -0.378 e. The number of rotatable bonds is 3. The van der Waals surface area contributed by atoms with E-state index in [4.69, 9.17) is 23.0 Å². The standard InChI is InChI=1S/C14H27NO4Si/c1-16-20(17-2)11-7-10-18-12-14(19-20)13-8-5-3-4-6-9-15-13/h14H,3-12H2,1-2H3. The molecule has 1 saturated heterocycles. The third-order valence-corrected chi connectivity index (χ3v) is 6.87. The third-order valence-electron chi connectivity index (χ3n) is 4.01. The van der Waals surface area contributed by atoms with Gasteiger partial charge in [-0.25, -0.2) is 0 Å². The van der Waals surface area contributed by atoms with Gasteiger partial charge in [0, 0.05) is 39.1 Å². The Morgan fingerprint density at radius 1 is 1.10 bits per heavy atom. The minimum absolute atomic E-state index is 0.0973. The van der Waals surface area contributed by atoms with E-state index in [1.54, 1.807) is 14.2 Å². The van der Waals surface area contributed by atoms with E-state index >= 15 is 0 Å². The first-order chi connectivity index (χ1) is 9.79. The van der Waals surface area contributed by atoms with Gasteiger partial charge in [-0.15, -0.1) is 0 Å². The van der Waals surface area contributed by atoms with E-state index in [9.17, 15) is 0 Å². The van der Waals surface area contributed by atoms with Crippen molar-refractivity contribution in [3.05, 3.63) is 0 Å². The second-order valence-corrected chi connectivity index (χ2v) is 8.33. The van der Waals surface area contributed by atoms with Crippen LogP contribution in [-0.2, 0) is 18.0 Å². The van der Waals surface area contributed by atoms with Gasteiger partial charge in [0.05, 0.1) is 6.61 Å². The predicted octanol–water partition coefficient (Wildman–Crippen LogP) is 2.43. The monoisotopic (exact) mass is 301 g/mol. The molecule has 0 saturated carbocycles. The topological polar surface area (TPSA) is 49.3 Å². The largest absolute Gasteiger partial charge is 0.501 e. The van der Waals surface area contributed by atoms with Gasteiger partial charge < -0.3 is 18.0 Å². The van der Waals surface area contributed by atoms with E-state index in [0.717, 1.165) is 37.7 Å². The number of hydrogen-bond donors (Lipinski definition) is 0. The number of aliphatic imine (C=N–C) groups is 1. The van der Waals surface area contributed by atoms with E-state index in [-0.39, 0.29) is 6.10 Å². The van der Waals surface area contributed by atoms with Gasteiger partial charge in [0.1, 0.15) is 6.10 Å². The van der Waals surface area contributed by atoms with Gasteiger partial charge in [0.15, 0.2) is 0 Å². The highest BCUT2D eigenvalue weighted by atomic mass is 28.4. The molecular formula is C14H27NO4Si. The van der Waals surface area contributed by atoms with E-state index in [0.29, 0.717) is 6.61 Å². The van der Waals surface area contributed by atoms with Crippen LogP contribution in [0, 0.1) is 0 Å². The molecule has 0 aromatic heterocycles. The van der Waals surface area contributed by atoms with Gasteiger partial charge in [-0.1, -0.05) is 12.8 Å². The maximum Gasteiger partial charge on any atom is 0.501 e. The van der Waals surface area contributed by atoms with Crippen LogP contribution in [0.4, 0.5) is 0 Å². The van der Waals surface area contributed by atoms with Crippen LogP contribution in [0.2, 0.25) is 6.04 Å². The molecule has 1 fully saturated rings. The lowest BCUT2D eigenvalue weighted by Gasteiger charge is -2.34. The summed E-state index contributed by atoms with van der Waals surface area (Å²) in [7, 11) is 0.829. The Labute approximate surface area is 123 Å². The molecule has 116 valence electrons. The molecule has 0 spiro atoms. The van der Waals surface area contributed by atoms with E-state index < -0.39 is 8.80 Å². The van der Waals surface area contributed by atoms with Gasteiger partial charge in [-0.3, -0.25) is 4.99 Å². The lowest BCUT2D eigenvalue weighted by molar-refractivity contribution is 0.0106. The van der Waals surface area contributed by atoms with Crippen LogP contribution in [0.15, 0.2) is 4.99 Å². The maximum atomic E-state index is 6.25. The summed E-state index contributed by atoms with van der Waals surface area (Å²) >= 11 is 0. The fourth-order valence-corrected chi connectivity index (χ4v) is 4.87. The zero-order valence-corrected chi connectivity index (χ0v) is 13.7. The first-order valence-corrected chi connectivity index (χ1v) is 9.62.